The molecule has 0 spiro atoms. The summed E-state index contributed by atoms with van der Waals surface area (Å²) in [5.41, 5.74) is -0.578. The third-order valence-electron chi connectivity index (χ3n) is 2.17. The molecular formula is C11H12FN3O3S. The van der Waals surface area contributed by atoms with Gasteiger partial charge in [-0.05, 0) is 19.1 Å². The quantitative estimate of drug-likeness (QED) is 0.802. The van der Waals surface area contributed by atoms with Crippen molar-refractivity contribution in [3.05, 3.63) is 29.6 Å². The van der Waals surface area contributed by atoms with Crippen LogP contribution in [0.5, 0.6) is 0 Å². The molecule has 0 atom stereocenters. The maximum Gasteiger partial charge on any atom is 0.242 e. The summed E-state index contributed by atoms with van der Waals surface area (Å²) >= 11 is 0. The summed E-state index contributed by atoms with van der Waals surface area (Å²) in [5.74, 6) is -1.44. The van der Waals surface area contributed by atoms with Crippen LogP contribution in [0.25, 0.3) is 0 Å². The SMILES string of the molecule is CCNC(=O)CNS(=O)(=O)c1cccc(F)c1C#N. The van der Waals surface area contributed by atoms with Crippen molar-refractivity contribution in [2.45, 2.75) is 11.8 Å². The van der Waals surface area contributed by atoms with Gasteiger partial charge in [0, 0.05) is 6.54 Å². The van der Waals surface area contributed by atoms with E-state index in [-0.39, 0.29) is 0 Å². The van der Waals surface area contributed by atoms with E-state index < -0.39 is 38.8 Å². The van der Waals surface area contributed by atoms with Crippen LogP contribution < -0.4 is 10.0 Å². The Morgan fingerprint density at radius 3 is 2.74 bits per heavy atom. The lowest BCUT2D eigenvalue weighted by atomic mass is 10.2. The van der Waals surface area contributed by atoms with Crippen molar-refractivity contribution in [3.8, 4) is 6.07 Å². The van der Waals surface area contributed by atoms with E-state index in [9.17, 15) is 17.6 Å². The predicted molar refractivity (Wildman–Crippen MR) is 65.0 cm³/mol. The molecule has 1 rings (SSSR count). The fourth-order valence-electron chi connectivity index (χ4n) is 1.33. The van der Waals surface area contributed by atoms with Crippen molar-refractivity contribution in [1.82, 2.24) is 10.0 Å². The van der Waals surface area contributed by atoms with Crippen molar-refractivity contribution >= 4 is 15.9 Å². The third kappa shape index (κ3) is 3.74. The molecule has 0 bridgehead atoms. The Bertz CT molecular complexity index is 623. The molecule has 19 heavy (non-hydrogen) atoms. The van der Waals surface area contributed by atoms with Crippen molar-refractivity contribution in [2.24, 2.45) is 0 Å². The Hall–Kier alpha value is -1.98. The van der Waals surface area contributed by atoms with E-state index in [0.717, 1.165) is 12.1 Å². The molecular weight excluding hydrogens is 273 g/mol. The number of nitrogens with zero attached hydrogens (tertiary/aromatic N) is 1. The van der Waals surface area contributed by atoms with Gasteiger partial charge in [0.1, 0.15) is 22.3 Å². The van der Waals surface area contributed by atoms with Gasteiger partial charge in [-0.25, -0.2) is 17.5 Å². The van der Waals surface area contributed by atoms with Crippen LogP contribution in [0.1, 0.15) is 12.5 Å². The van der Waals surface area contributed by atoms with E-state index in [1.165, 1.54) is 12.1 Å². The first-order valence-electron chi connectivity index (χ1n) is 5.37. The summed E-state index contributed by atoms with van der Waals surface area (Å²) in [6.45, 7) is 1.58. The molecule has 0 aromatic heterocycles. The zero-order valence-corrected chi connectivity index (χ0v) is 10.9. The lowest BCUT2D eigenvalue weighted by molar-refractivity contribution is -0.119. The lowest BCUT2D eigenvalue weighted by Crippen LogP contribution is -2.37. The number of nitriles is 1. The standard InChI is InChI=1S/C11H12FN3O3S/c1-2-14-11(16)7-15-19(17,18)10-5-3-4-9(12)8(10)6-13/h3-5,15H,2,7H2,1H3,(H,14,16). The highest BCUT2D eigenvalue weighted by Crippen LogP contribution is 2.17. The Labute approximate surface area is 110 Å². The molecule has 0 aliphatic heterocycles. The summed E-state index contributed by atoms with van der Waals surface area (Å²) in [5, 5.41) is 11.2. The van der Waals surface area contributed by atoms with Gasteiger partial charge in [0.25, 0.3) is 0 Å². The van der Waals surface area contributed by atoms with Crippen LogP contribution in [0, 0.1) is 17.1 Å². The number of carbonyl (C=O) groups excluding carboxylic acids is 1. The van der Waals surface area contributed by atoms with Crippen LogP contribution in [-0.4, -0.2) is 27.4 Å². The molecule has 1 amide bonds. The third-order valence-corrected chi connectivity index (χ3v) is 3.62. The van der Waals surface area contributed by atoms with Gasteiger partial charge in [-0.1, -0.05) is 6.07 Å². The zero-order chi connectivity index (χ0) is 14.5. The number of carbonyl (C=O) groups is 1. The largest absolute Gasteiger partial charge is 0.355 e. The summed E-state index contributed by atoms with van der Waals surface area (Å²) in [6, 6.07) is 4.75. The van der Waals surface area contributed by atoms with E-state index >= 15 is 0 Å². The smallest absolute Gasteiger partial charge is 0.242 e. The number of nitrogens with one attached hydrogen (secondary N) is 2. The Kier molecular flexibility index (Phi) is 4.97. The van der Waals surface area contributed by atoms with E-state index in [1.807, 2.05) is 4.72 Å². The van der Waals surface area contributed by atoms with Crippen LogP contribution in [0.3, 0.4) is 0 Å². The molecule has 0 radical (unpaired) electrons. The highest BCUT2D eigenvalue weighted by molar-refractivity contribution is 7.89. The van der Waals surface area contributed by atoms with Crippen LogP contribution in [0.15, 0.2) is 23.1 Å². The monoisotopic (exact) mass is 285 g/mol. The first-order valence-corrected chi connectivity index (χ1v) is 6.85. The van der Waals surface area contributed by atoms with E-state index in [4.69, 9.17) is 5.26 Å². The molecule has 6 nitrogen and oxygen atoms in total. The molecule has 0 unspecified atom stereocenters. The van der Waals surface area contributed by atoms with Gasteiger partial charge in [-0.3, -0.25) is 4.79 Å². The maximum atomic E-state index is 13.3. The Balaban J connectivity index is 2.99. The average Bonchev–Trinajstić information content (AvgIpc) is 2.36. The highest BCUT2D eigenvalue weighted by atomic mass is 32.2. The average molecular weight is 285 g/mol. The maximum absolute atomic E-state index is 13.3. The van der Waals surface area contributed by atoms with Crippen LogP contribution in [0.4, 0.5) is 4.39 Å². The number of amides is 1. The summed E-state index contributed by atoms with van der Waals surface area (Å²) in [4.78, 5) is 10.7. The number of likely N-dealkylation sites (N-methyl/N-ethyl adjacent to an activating group) is 1. The van der Waals surface area contributed by atoms with E-state index in [0.29, 0.717) is 6.54 Å². The fourth-order valence-corrected chi connectivity index (χ4v) is 2.48. The molecule has 0 saturated carbocycles. The Morgan fingerprint density at radius 2 is 2.16 bits per heavy atom. The molecule has 0 heterocycles. The Morgan fingerprint density at radius 1 is 1.47 bits per heavy atom. The second-order valence-electron chi connectivity index (χ2n) is 3.50. The highest BCUT2D eigenvalue weighted by Gasteiger charge is 2.21. The summed E-state index contributed by atoms with van der Waals surface area (Å²) < 4.78 is 39.0. The van der Waals surface area contributed by atoms with Gasteiger partial charge in [0.2, 0.25) is 15.9 Å². The number of sulfonamides is 1. The number of hydrogen-bond donors (Lipinski definition) is 2. The molecule has 0 fully saturated rings. The van der Waals surface area contributed by atoms with Crippen molar-refractivity contribution < 1.29 is 17.6 Å². The minimum absolute atomic E-state index is 0.365. The number of rotatable bonds is 5. The van der Waals surface area contributed by atoms with Gasteiger partial charge in [0.15, 0.2) is 0 Å². The normalized spacial score (nSPS) is 10.8. The minimum atomic E-state index is -4.11. The molecule has 1 aromatic carbocycles. The summed E-state index contributed by atoms with van der Waals surface area (Å²) in [7, 11) is -4.11. The van der Waals surface area contributed by atoms with Gasteiger partial charge in [-0.2, -0.15) is 5.26 Å². The first kappa shape index (κ1) is 15.1. The number of hydrogen-bond acceptors (Lipinski definition) is 4. The van der Waals surface area contributed by atoms with Crippen LogP contribution >= 0.6 is 0 Å². The van der Waals surface area contributed by atoms with Crippen LogP contribution in [-0.2, 0) is 14.8 Å². The molecule has 2 N–H and O–H groups in total. The number of halogens is 1. The molecule has 0 aliphatic rings. The second kappa shape index (κ2) is 6.26. The fraction of sp³-hybridized carbons (Fsp3) is 0.273. The van der Waals surface area contributed by atoms with Crippen molar-refractivity contribution in [3.63, 3.8) is 0 Å². The second-order valence-corrected chi connectivity index (χ2v) is 5.24. The van der Waals surface area contributed by atoms with Gasteiger partial charge >= 0.3 is 0 Å². The molecule has 102 valence electrons. The van der Waals surface area contributed by atoms with E-state index in [2.05, 4.69) is 5.32 Å². The first-order chi connectivity index (χ1) is 8.92. The topological polar surface area (TPSA) is 99.1 Å². The summed E-state index contributed by atoms with van der Waals surface area (Å²) in [6.07, 6.45) is 0. The van der Waals surface area contributed by atoms with Gasteiger partial charge < -0.3 is 5.32 Å². The molecule has 1 aromatic rings. The van der Waals surface area contributed by atoms with Crippen LogP contribution in [0.2, 0.25) is 0 Å². The lowest BCUT2D eigenvalue weighted by Gasteiger charge is -2.08. The predicted octanol–water partition coefficient (Wildman–Crippen LogP) is 0.112. The van der Waals surface area contributed by atoms with Gasteiger partial charge in [-0.15, -0.1) is 0 Å². The minimum Gasteiger partial charge on any atom is -0.355 e. The van der Waals surface area contributed by atoms with Crippen molar-refractivity contribution in [2.75, 3.05) is 13.1 Å². The molecule has 0 saturated heterocycles. The molecule has 0 aliphatic carbocycles. The van der Waals surface area contributed by atoms with Crippen molar-refractivity contribution in [1.29, 1.82) is 5.26 Å². The molecule has 8 heteroatoms. The number of benzene rings is 1. The zero-order valence-electron chi connectivity index (χ0n) is 10.1. The van der Waals surface area contributed by atoms with E-state index in [1.54, 1.807) is 6.92 Å². The van der Waals surface area contributed by atoms with Gasteiger partial charge in [0.05, 0.1) is 6.54 Å².